The fourth-order valence-corrected chi connectivity index (χ4v) is 1.92. The molecule has 1 amide bonds. The number of rotatable bonds is 6. The molecule has 0 heterocycles. The van der Waals surface area contributed by atoms with E-state index in [0.29, 0.717) is 13.1 Å². The first-order chi connectivity index (χ1) is 9.42. The van der Waals surface area contributed by atoms with Crippen molar-refractivity contribution >= 4 is 17.3 Å². The number of halogens is 1. The first kappa shape index (κ1) is 15.9. The van der Waals surface area contributed by atoms with Gasteiger partial charge in [0.25, 0.3) is 0 Å². The van der Waals surface area contributed by atoms with Gasteiger partial charge in [-0.15, -0.1) is 0 Å². The van der Waals surface area contributed by atoms with Gasteiger partial charge in [-0.2, -0.15) is 4.39 Å². The van der Waals surface area contributed by atoms with Gasteiger partial charge in [0.2, 0.25) is 11.7 Å². The van der Waals surface area contributed by atoms with Crippen LogP contribution in [-0.2, 0) is 4.79 Å². The fraction of sp³-hybridized carbons (Fsp3) is 0.462. The molecule has 0 aromatic heterocycles. The summed E-state index contributed by atoms with van der Waals surface area (Å²) in [6.45, 7) is 6.38. The molecular weight excluding hydrogens is 265 g/mol. The summed E-state index contributed by atoms with van der Waals surface area (Å²) in [7, 11) is 0. The number of para-hydroxylation sites is 1. The number of carbonyl (C=O) groups excluding carboxylic acids is 1. The van der Waals surface area contributed by atoms with Crippen LogP contribution >= 0.6 is 0 Å². The summed E-state index contributed by atoms with van der Waals surface area (Å²) in [6.07, 6.45) is 0. The highest BCUT2D eigenvalue weighted by Crippen LogP contribution is 2.27. The number of nitro groups is 1. The third-order valence-corrected chi connectivity index (χ3v) is 2.99. The SMILES string of the molecule is CCN(CC)C(=O)C(C)Nc1cccc(F)c1[N+](=O)[O-]. The van der Waals surface area contributed by atoms with E-state index in [1.165, 1.54) is 12.1 Å². The van der Waals surface area contributed by atoms with Gasteiger partial charge in [-0.1, -0.05) is 6.07 Å². The lowest BCUT2D eigenvalue weighted by Crippen LogP contribution is -2.41. The Hall–Kier alpha value is -2.18. The second-order valence-corrected chi connectivity index (χ2v) is 4.27. The zero-order valence-corrected chi connectivity index (χ0v) is 11.7. The van der Waals surface area contributed by atoms with Crippen molar-refractivity contribution in [3.05, 3.63) is 34.1 Å². The van der Waals surface area contributed by atoms with Crippen molar-refractivity contribution in [3.63, 3.8) is 0 Å². The lowest BCUT2D eigenvalue weighted by atomic mass is 10.2. The van der Waals surface area contributed by atoms with Crippen LogP contribution in [0.15, 0.2) is 18.2 Å². The first-order valence-electron chi connectivity index (χ1n) is 6.40. The maximum absolute atomic E-state index is 13.5. The standard InChI is InChI=1S/C13H18FN3O3/c1-4-16(5-2)13(18)9(3)15-11-8-6-7-10(14)12(11)17(19)20/h6-9,15H,4-5H2,1-3H3. The van der Waals surface area contributed by atoms with Crippen LogP contribution in [0, 0.1) is 15.9 Å². The number of hydrogen-bond donors (Lipinski definition) is 1. The van der Waals surface area contributed by atoms with E-state index in [4.69, 9.17) is 0 Å². The van der Waals surface area contributed by atoms with Crippen LogP contribution in [0.25, 0.3) is 0 Å². The number of likely N-dealkylation sites (N-methyl/N-ethyl adjacent to an activating group) is 1. The van der Waals surface area contributed by atoms with E-state index in [0.717, 1.165) is 6.07 Å². The van der Waals surface area contributed by atoms with E-state index < -0.39 is 22.5 Å². The molecule has 1 rings (SSSR count). The maximum Gasteiger partial charge on any atom is 0.327 e. The number of hydrogen-bond acceptors (Lipinski definition) is 4. The van der Waals surface area contributed by atoms with Gasteiger partial charge in [0.15, 0.2) is 0 Å². The van der Waals surface area contributed by atoms with Gasteiger partial charge in [-0.3, -0.25) is 14.9 Å². The van der Waals surface area contributed by atoms with Gasteiger partial charge in [0.05, 0.1) is 4.92 Å². The molecule has 0 saturated carbocycles. The van der Waals surface area contributed by atoms with Crippen molar-refractivity contribution in [2.75, 3.05) is 18.4 Å². The third kappa shape index (κ3) is 3.43. The van der Waals surface area contributed by atoms with E-state index >= 15 is 0 Å². The minimum absolute atomic E-state index is 0.00278. The van der Waals surface area contributed by atoms with E-state index in [-0.39, 0.29) is 11.6 Å². The second-order valence-electron chi connectivity index (χ2n) is 4.27. The van der Waals surface area contributed by atoms with Crippen LogP contribution in [0.4, 0.5) is 15.8 Å². The quantitative estimate of drug-likeness (QED) is 0.642. The van der Waals surface area contributed by atoms with E-state index in [2.05, 4.69) is 5.32 Å². The van der Waals surface area contributed by atoms with E-state index in [1.807, 2.05) is 13.8 Å². The van der Waals surface area contributed by atoms with Crippen LogP contribution in [0.1, 0.15) is 20.8 Å². The molecule has 0 aliphatic heterocycles. The molecule has 6 nitrogen and oxygen atoms in total. The Morgan fingerprint density at radius 2 is 2.05 bits per heavy atom. The highest BCUT2D eigenvalue weighted by atomic mass is 19.1. The zero-order chi connectivity index (χ0) is 15.3. The Morgan fingerprint density at radius 3 is 2.55 bits per heavy atom. The van der Waals surface area contributed by atoms with Crippen molar-refractivity contribution in [3.8, 4) is 0 Å². The molecule has 0 spiro atoms. The van der Waals surface area contributed by atoms with Crippen LogP contribution in [0.2, 0.25) is 0 Å². The van der Waals surface area contributed by atoms with Gasteiger partial charge in [0.1, 0.15) is 11.7 Å². The molecule has 1 atom stereocenters. The van der Waals surface area contributed by atoms with Crippen molar-refractivity contribution in [2.45, 2.75) is 26.8 Å². The average Bonchev–Trinajstić information content (AvgIpc) is 2.39. The number of anilines is 1. The summed E-state index contributed by atoms with van der Waals surface area (Å²) in [5, 5.41) is 13.6. The largest absolute Gasteiger partial charge is 0.368 e. The van der Waals surface area contributed by atoms with Crippen molar-refractivity contribution < 1.29 is 14.1 Å². The van der Waals surface area contributed by atoms with Gasteiger partial charge in [0, 0.05) is 13.1 Å². The van der Waals surface area contributed by atoms with Crippen LogP contribution in [-0.4, -0.2) is 34.9 Å². The number of nitrogens with zero attached hydrogens (tertiary/aromatic N) is 2. The molecule has 0 aliphatic rings. The Balaban J connectivity index is 2.96. The Labute approximate surface area is 116 Å². The molecular formula is C13H18FN3O3. The molecule has 0 aliphatic carbocycles. The van der Waals surface area contributed by atoms with Gasteiger partial charge >= 0.3 is 5.69 Å². The normalized spacial score (nSPS) is 11.8. The fourth-order valence-electron chi connectivity index (χ4n) is 1.92. The smallest absolute Gasteiger partial charge is 0.327 e. The predicted molar refractivity (Wildman–Crippen MR) is 74.1 cm³/mol. The van der Waals surface area contributed by atoms with Crippen LogP contribution in [0.3, 0.4) is 0 Å². The molecule has 1 aromatic carbocycles. The van der Waals surface area contributed by atoms with Crippen molar-refractivity contribution in [1.29, 1.82) is 0 Å². The Kier molecular flexibility index (Phi) is 5.42. The summed E-state index contributed by atoms with van der Waals surface area (Å²) in [6, 6.07) is 3.09. The van der Waals surface area contributed by atoms with E-state index in [1.54, 1.807) is 11.8 Å². The summed E-state index contributed by atoms with van der Waals surface area (Å²) in [5.74, 6) is -1.11. The molecule has 7 heteroatoms. The third-order valence-electron chi connectivity index (χ3n) is 2.99. The van der Waals surface area contributed by atoms with Crippen LogP contribution < -0.4 is 5.32 Å². The van der Waals surface area contributed by atoms with Crippen molar-refractivity contribution in [2.24, 2.45) is 0 Å². The van der Waals surface area contributed by atoms with Crippen molar-refractivity contribution in [1.82, 2.24) is 4.90 Å². The predicted octanol–water partition coefficient (Wildman–Crippen LogP) is 2.40. The molecule has 20 heavy (non-hydrogen) atoms. The molecule has 0 radical (unpaired) electrons. The van der Waals surface area contributed by atoms with Gasteiger partial charge in [-0.25, -0.2) is 0 Å². The molecule has 1 unspecified atom stereocenters. The molecule has 1 aromatic rings. The number of nitro benzene ring substituents is 1. The maximum atomic E-state index is 13.5. The molecule has 0 saturated heterocycles. The minimum Gasteiger partial charge on any atom is -0.368 e. The topological polar surface area (TPSA) is 75.5 Å². The average molecular weight is 283 g/mol. The Bertz CT molecular complexity index is 504. The molecule has 110 valence electrons. The van der Waals surface area contributed by atoms with Gasteiger partial charge in [-0.05, 0) is 32.9 Å². The lowest BCUT2D eigenvalue weighted by Gasteiger charge is -2.24. The highest BCUT2D eigenvalue weighted by Gasteiger charge is 2.24. The Morgan fingerprint density at radius 1 is 1.45 bits per heavy atom. The van der Waals surface area contributed by atoms with Crippen LogP contribution in [0.5, 0.6) is 0 Å². The minimum atomic E-state index is -0.928. The summed E-state index contributed by atoms with van der Waals surface area (Å²) in [5.41, 5.74) is -0.644. The monoisotopic (exact) mass is 283 g/mol. The molecule has 0 fully saturated rings. The van der Waals surface area contributed by atoms with E-state index in [9.17, 15) is 19.3 Å². The highest BCUT2D eigenvalue weighted by molar-refractivity contribution is 5.85. The summed E-state index contributed by atoms with van der Waals surface area (Å²) in [4.78, 5) is 23.7. The number of benzene rings is 1. The first-order valence-corrected chi connectivity index (χ1v) is 6.40. The number of nitrogens with one attached hydrogen (secondary N) is 1. The van der Waals surface area contributed by atoms with Gasteiger partial charge < -0.3 is 10.2 Å². The second kappa shape index (κ2) is 6.83. The lowest BCUT2D eigenvalue weighted by molar-refractivity contribution is -0.386. The summed E-state index contributed by atoms with van der Waals surface area (Å²) >= 11 is 0. The number of carbonyl (C=O) groups is 1. The molecule has 1 N–H and O–H groups in total. The zero-order valence-electron chi connectivity index (χ0n) is 11.7. The number of amides is 1. The molecule has 0 bridgehead atoms. The summed E-state index contributed by atoms with van der Waals surface area (Å²) < 4.78 is 13.5.